The van der Waals surface area contributed by atoms with E-state index in [0.29, 0.717) is 35.3 Å². The van der Waals surface area contributed by atoms with E-state index in [1.165, 1.54) is 13.0 Å². The van der Waals surface area contributed by atoms with E-state index >= 15 is 0 Å². The molecule has 1 radical (unpaired) electrons. The van der Waals surface area contributed by atoms with Gasteiger partial charge in [0.1, 0.15) is 36.6 Å². The van der Waals surface area contributed by atoms with E-state index in [1.54, 1.807) is 24.3 Å². The number of phenolic OH excluding ortho intramolecular Hbond substituents is 1. The molecule has 2 N–H and O–H groups in total. The van der Waals surface area contributed by atoms with Crippen molar-refractivity contribution in [2.24, 2.45) is 0 Å². The molecule has 7 heteroatoms. The Kier molecular flexibility index (Phi) is 8.11. The van der Waals surface area contributed by atoms with Gasteiger partial charge in [0.05, 0.1) is 10.9 Å². The average molecular weight is 454 g/mol. The zero-order valence-electron chi connectivity index (χ0n) is 19.1. The number of hydrogen-bond donors (Lipinski definition) is 2. The summed E-state index contributed by atoms with van der Waals surface area (Å²) in [5, 5.41) is 22.1. The molecule has 1 atom stereocenters. The molecule has 0 fully saturated rings. The van der Waals surface area contributed by atoms with Gasteiger partial charge in [-0.25, -0.2) is 4.79 Å². The van der Waals surface area contributed by atoms with E-state index in [9.17, 15) is 19.8 Å². The normalized spacial score (nSPS) is 12.0. The van der Waals surface area contributed by atoms with Gasteiger partial charge in [0.2, 0.25) is 0 Å². The lowest BCUT2D eigenvalue weighted by Crippen LogP contribution is -2.25. The Morgan fingerprint density at radius 2 is 1.61 bits per heavy atom. The maximum Gasteiger partial charge on any atom is 0.344 e. The van der Waals surface area contributed by atoms with Crippen molar-refractivity contribution in [1.82, 2.24) is 0 Å². The van der Waals surface area contributed by atoms with E-state index in [-0.39, 0.29) is 30.3 Å². The highest BCUT2D eigenvalue weighted by Gasteiger charge is 2.18. The first kappa shape index (κ1) is 24.3. The molecule has 0 saturated carbocycles. The van der Waals surface area contributed by atoms with Crippen molar-refractivity contribution < 1.29 is 28.9 Å². The van der Waals surface area contributed by atoms with Crippen LogP contribution in [0.15, 0.2) is 39.5 Å². The number of carbonyl (C=O) groups is 1. The Balaban J connectivity index is 1.71. The van der Waals surface area contributed by atoms with Gasteiger partial charge in [0, 0.05) is 11.1 Å². The van der Waals surface area contributed by atoms with Crippen molar-refractivity contribution in [2.45, 2.75) is 52.6 Å². The summed E-state index contributed by atoms with van der Waals surface area (Å²) in [4.78, 5) is 23.7. The number of fused-ring (bicyclic) bond motifs is 1. The van der Waals surface area contributed by atoms with E-state index in [2.05, 4.69) is 6.26 Å². The second kappa shape index (κ2) is 11.0. The monoisotopic (exact) mass is 453 g/mol. The molecule has 7 nitrogen and oxygen atoms in total. The lowest BCUT2D eigenvalue weighted by Gasteiger charge is -2.18. The lowest BCUT2D eigenvalue weighted by atomic mass is 10.0. The molecule has 0 amide bonds. The maximum atomic E-state index is 12.0. The van der Waals surface area contributed by atoms with Crippen LogP contribution in [0.3, 0.4) is 0 Å². The van der Waals surface area contributed by atoms with Gasteiger partial charge in [-0.3, -0.25) is 4.79 Å². The first-order valence-corrected chi connectivity index (χ1v) is 11.1. The first-order valence-electron chi connectivity index (χ1n) is 11.1. The van der Waals surface area contributed by atoms with Gasteiger partial charge in [0.15, 0.2) is 12.0 Å². The molecule has 0 aliphatic rings. The number of aliphatic hydroxyl groups excluding tert-OH is 1. The molecule has 0 saturated heterocycles. The highest BCUT2D eigenvalue weighted by atomic mass is 16.5. The fourth-order valence-corrected chi connectivity index (χ4v) is 3.78. The van der Waals surface area contributed by atoms with Gasteiger partial charge in [-0.2, -0.15) is 0 Å². The lowest BCUT2D eigenvalue weighted by molar-refractivity contribution is 0.0619. The van der Waals surface area contributed by atoms with Crippen LogP contribution in [-0.2, 0) is 12.8 Å². The van der Waals surface area contributed by atoms with Crippen molar-refractivity contribution in [3.8, 4) is 17.2 Å². The second-order valence-corrected chi connectivity index (χ2v) is 7.93. The summed E-state index contributed by atoms with van der Waals surface area (Å²) in [5.41, 5.74) is 1.21. The highest BCUT2D eigenvalue weighted by Crippen LogP contribution is 2.33. The molecule has 2 aromatic carbocycles. The number of ketones is 1. The number of aryl methyl sites for hydroxylation is 1. The Morgan fingerprint density at radius 3 is 2.24 bits per heavy atom. The molecule has 1 aromatic heterocycles. The minimum atomic E-state index is -0.938. The van der Waals surface area contributed by atoms with Gasteiger partial charge in [-0.05, 0) is 55.5 Å². The zero-order chi connectivity index (χ0) is 24.0. The molecular formula is C26H29O7. The van der Waals surface area contributed by atoms with Crippen molar-refractivity contribution in [1.29, 1.82) is 0 Å². The molecule has 33 heavy (non-hydrogen) atoms. The molecule has 1 unspecified atom stereocenters. The summed E-state index contributed by atoms with van der Waals surface area (Å²) >= 11 is 0. The van der Waals surface area contributed by atoms with Gasteiger partial charge in [-0.15, -0.1) is 0 Å². The van der Waals surface area contributed by atoms with Crippen molar-refractivity contribution in [3.63, 3.8) is 0 Å². The summed E-state index contributed by atoms with van der Waals surface area (Å²) in [6.07, 6.45) is 4.41. The van der Waals surface area contributed by atoms with Crippen LogP contribution in [0.4, 0.5) is 0 Å². The fraction of sp³-hybridized carbons (Fsp3) is 0.385. The molecule has 0 aliphatic carbocycles. The number of rotatable bonds is 11. The predicted octanol–water partition coefficient (Wildman–Crippen LogP) is 4.23. The molecule has 175 valence electrons. The van der Waals surface area contributed by atoms with Crippen LogP contribution < -0.4 is 15.1 Å². The van der Waals surface area contributed by atoms with Crippen LogP contribution in [0, 0.1) is 6.26 Å². The number of ether oxygens (including phenoxy) is 2. The number of phenols is 1. The Labute approximate surface area is 192 Å². The Bertz CT molecular complexity index is 1180. The van der Waals surface area contributed by atoms with Crippen LogP contribution in [0.2, 0.25) is 0 Å². The number of aromatic hydroxyl groups is 1. The third-order valence-electron chi connectivity index (χ3n) is 5.37. The minimum absolute atomic E-state index is 0.0198. The summed E-state index contributed by atoms with van der Waals surface area (Å²) in [5.74, 6) is 0.711. The molecule has 0 bridgehead atoms. The molecule has 0 aliphatic heterocycles. The highest BCUT2D eigenvalue weighted by molar-refractivity contribution is 5.97. The Morgan fingerprint density at radius 1 is 1.00 bits per heavy atom. The number of aliphatic hydroxyl groups is 1. The van der Waals surface area contributed by atoms with E-state index in [0.717, 1.165) is 23.8 Å². The largest absolute Gasteiger partial charge is 0.507 e. The quantitative estimate of drug-likeness (QED) is 0.419. The molecule has 1 heterocycles. The average Bonchev–Trinajstić information content (AvgIpc) is 2.79. The van der Waals surface area contributed by atoms with Crippen LogP contribution in [0.25, 0.3) is 10.8 Å². The predicted molar refractivity (Wildman–Crippen MR) is 124 cm³/mol. The second-order valence-electron chi connectivity index (χ2n) is 7.93. The first-order chi connectivity index (χ1) is 15.9. The number of Topliss-reactive ketones (excluding diaryl/α,β-unsaturated/α-hetero) is 1. The van der Waals surface area contributed by atoms with Crippen LogP contribution in [0.5, 0.6) is 17.2 Å². The van der Waals surface area contributed by atoms with Gasteiger partial charge < -0.3 is 24.1 Å². The summed E-state index contributed by atoms with van der Waals surface area (Å²) in [6.45, 7) is 5.32. The summed E-state index contributed by atoms with van der Waals surface area (Å²) < 4.78 is 16.5. The van der Waals surface area contributed by atoms with E-state index in [1.807, 2.05) is 13.8 Å². The minimum Gasteiger partial charge on any atom is -0.507 e. The zero-order valence-corrected chi connectivity index (χ0v) is 19.1. The third-order valence-corrected chi connectivity index (χ3v) is 5.37. The van der Waals surface area contributed by atoms with Crippen LogP contribution in [0.1, 0.15) is 55.1 Å². The number of benzene rings is 2. The smallest absolute Gasteiger partial charge is 0.344 e. The Hall–Kier alpha value is -3.32. The number of hydrogen-bond acceptors (Lipinski definition) is 7. The summed E-state index contributed by atoms with van der Waals surface area (Å²) in [6, 6.07) is 8.13. The van der Waals surface area contributed by atoms with Crippen molar-refractivity contribution in [3.05, 3.63) is 63.7 Å². The molecule has 0 spiro atoms. The van der Waals surface area contributed by atoms with Crippen molar-refractivity contribution in [2.75, 3.05) is 13.2 Å². The van der Waals surface area contributed by atoms with Crippen LogP contribution >= 0.6 is 0 Å². The van der Waals surface area contributed by atoms with E-state index in [4.69, 9.17) is 13.9 Å². The maximum absolute atomic E-state index is 12.0. The summed E-state index contributed by atoms with van der Waals surface area (Å²) in [7, 11) is 0. The van der Waals surface area contributed by atoms with Crippen molar-refractivity contribution >= 4 is 16.6 Å². The molecule has 3 rings (SSSR count). The van der Waals surface area contributed by atoms with Gasteiger partial charge >= 0.3 is 5.63 Å². The number of carbonyl (C=O) groups excluding carboxylic acids is 1. The van der Waals surface area contributed by atoms with Gasteiger partial charge in [0.25, 0.3) is 0 Å². The molecular weight excluding hydrogens is 424 g/mol. The van der Waals surface area contributed by atoms with Gasteiger partial charge in [-0.1, -0.05) is 26.7 Å². The third kappa shape index (κ3) is 5.54. The van der Waals surface area contributed by atoms with E-state index < -0.39 is 11.7 Å². The molecule has 3 aromatic rings. The fourth-order valence-electron chi connectivity index (χ4n) is 3.78. The topological polar surface area (TPSA) is 106 Å². The standard InChI is InChI=1S/C26H29O7/c1-4-6-20-19-12-13-31-26(30)21(19)9-11-23(20)32-14-17(28)15-33-24-10-8-18(16(3)27)25(29)22(24)7-5-2/h8-12,17,28-29H,4-7,14-15H2,1-3H3. The van der Waals surface area contributed by atoms with Crippen LogP contribution in [-0.4, -0.2) is 35.3 Å². The SMILES string of the molecule is CCCc1c(OCC(O)COc2ccc3c(=O)o[c]cc3c2CCC)ccc(C(C)=O)c1O.